The van der Waals surface area contributed by atoms with Crippen molar-refractivity contribution in [1.82, 2.24) is 14.8 Å². The van der Waals surface area contributed by atoms with Gasteiger partial charge < -0.3 is 0 Å². The fourth-order valence-electron chi connectivity index (χ4n) is 1.17. The first-order chi connectivity index (χ1) is 6.20. The number of nitrogens with zero attached hydrogens (tertiary/aromatic N) is 3. The lowest BCUT2D eigenvalue weighted by Gasteiger charge is -2.25. The van der Waals surface area contributed by atoms with Crippen molar-refractivity contribution < 1.29 is 4.21 Å². The highest BCUT2D eigenvalue weighted by Crippen LogP contribution is 2.23. The molecule has 0 saturated carbocycles. The van der Waals surface area contributed by atoms with Crippen molar-refractivity contribution in [3.05, 3.63) is 4.73 Å². The lowest BCUT2D eigenvalue weighted by atomic mass is 10.4. The van der Waals surface area contributed by atoms with E-state index in [1.54, 1.807) is 4.68 Å². The Morgan fingerprint density at radius 1 is 1.69 bits per heavy atom. The number of rotatable bonds is 2. The van der Waals surface area contributed by atoms with E-state index in [-0.39, 0.29) is 6.04 Å². The molecule has 1 aromatic heterocycles. The first-order valence-electron chi connectivity index (χ1n) is 3.64. The number of hydrogen-bond donors (Lipinski definition) is 2. The minimum absolute atomic E-state index is 0.158. The van der Waals surface area contributed by atoms with Crippen molar-refractivity contribution in [2.45, 2.75) is 6.04 Å². The van der Waals surface area contributed by atoms with Gasteiger partial charge in [0.05, 0.1) is 6.04 Å². The van der Waals surface area contributed by atoms with Gasteiger partial charge >= 0.3 is 0 Å². The zero-order valence-corrected chi connectivity index (χ0v) is 9.01. The third-order valence-corrected chi connectivity index (χ3v) is 3.69. The Bertz CT molecular complexity index is 345. The van der Waals surface area contributed by atoms with Gasteiger partial charge in [-0.1, -0.05) is 0 Å². The molecule has 3 N–H and O–H groups in total. The molecule has 1 aliphatic rings. The van der Waals surface area contributed by atoms with E-state index in [1.165, 1.54) is 0 Å². The van der Waals surface area contributed by atoms with Gasteiger partial charge in [0.15, 0.2) is 0 Å². The molecule has 2 heterocycles. The van der Waals surface area contributed by atoms with Crippen LogP contribution >= 0.6 is 15.9 Å². The maximum absolute atomic E-state index is 10.9. The Labute approximate surface area is 85.4 Å². The first-order valence-corrected chi connectivity index (χ1v) is 5.92. The minimum Gasteiger partial charge on any atom is -0.293 e. The zero-order valence-electron chi connectivity index (χ0n) is 6.61. The maximum Gasteiger partial charge on any atom is 0.236 e. The Kier molecular flexibility index (Phi) is 2.35. The van der Waals surface area contributed by atoms with Crippen LogP contribution < -0.4 is 11.3 Å². The van der Waals surface area contributed by atoms with Crippen LogP contribution in [0.25, 0.3) is 0 Å². The highest BCUT2D eigenvalue weighted by molar-refractivity contribution is 9.10. The minimum atomic E-state index is -0.696. The van der Waals surface area contributed by atoms with Crippen molar-refractivity contribution in [3.63, 3.8) is 0 Å². The Balaban J connectivity index is 2.23. The molecule has 2 rings (SSSR count). The van der Waals surface area contributed by atoms with Crippen LogP contribution in [-0.4, -0.2) is 30.5 Å². The van der Waals surface area contributed by atoms with Crippen LogP contribution in [0.2, 0.25) is 0 Å². The van der Waals surface area contributed by atoms with Gasteiger partial charge in [-0.3, -0.25) is 9.63 Å². The van der Waals surface area contributed by atoms with Crippen LogP contribution in [0.1, 0.15) is 6.04 Å². The molecule has 0 amide bonds. The summed E-state index contributed by atoms with van der Waals surface area (Å²) in [6.45, 7) is 0. The molecule has 0 spiro atoms. The molecule has 0 bridgehead atoms. The summed E-state index contributed by atoms with van der Waals surface area (Å²) in [5.41, 5.74) is 2.44. The number of halogens is 1. The first kappa shape index (κ1) is 9.10. The number of nitrogen functional groups attached to an aromatic ring is 1. The van der Waals surface area contributed by atoms with Crippen LogP contribution in [0.3, 0.4) is 0 Å². The van der Waals surface area contributed by atoms with Crippen LogP contribution in [0, 0.1) is 0 Å². The van der Waals surface area contributed by atoms with Gasteiger partial charge in [0.2, 0.25) is 10.7 Å². The monoisotopic (exact) mass is 265 g/mol. The van der Waals surface area contributed by atoms with Gasteiger partial charge in [0.25, 0.3) is 0 Å². The van der Waals surface area contributed by atoms with Crippen LogP contribution in [0.4, 0.5) is 5.95 Å². The molecule has 0 unspecified atom stereocenters. The second-order valence-electron chi connectivity index (χ2n) is 2.72. The molecule has 6 nitrogen and oxygen atoms in total. The van der Waals surface area contributed by atoms with Crippen LogP contribution in [-0.2, 0) is 10.8 Å². The van der Waals surface area contributed by atoms with Crippen LogP contribution in [0.15, 0.2) is 4.73 Å². The molecule has 0 aromatic carbocycles. The van der Waals surface area contributed by atoms with Crippen molar-refractivity contribution in [2.24, 2.45) is 5.84 Å². The number of anilines is 1. The molecule has 1 saturated heterocycles. The molecule has 1 fully saturated rings. The predicted molar refractivity (Wildman–Crippen MR) is 52.4 cm³/mol. The number of aromatic nitrogens is 3. The number of nitrogens with one attached hydrogen (secondary N) is 1. The average molecular weight is 266 g/mol. The SMILES string of the molecule is NNc1nc(Br)nn1C1CS(=O)C1. The van der Waals surface area contributed by atoms with E-state index < -0.39 is 10.8 Å². The number of nitrogens with two attached hydrogens (primary N) is 1. The summed E-state index contributed by atoms with van der Waals surface area (Å²) in [7, 11) is -0.696. The quantitative estimate of drug-likeness (QED) is 0.563. The molecule has 0 radical (unpaired) electrons. The normalized spacial score (nSPS) is 26.9. The molecule has 0 aliphatic carbocycles. The smallest absolute Gasteiger partial charge is 0.236 e. The summed E-state index contributed by atoms with van der Waals surface area (Å²) in [6.07, 6.45) is 0. The van der Waals surface area contributed by atoms with Gasteiger partial charge in [-0.25, -0.2) is 10.5 Å². The molecular weight excluding hydrogens is 258 g/mol. The van der Waals surface area contributed by atoms with E-state index in [2.05, 4.69) is 31.4 Å². The lowest BCUT2D eigenvalue weighted by Crippen LogP contribution is -2.35. The second-order valence-corrected chi connectivity index (χ2v) is 4.98. The van der Waals surface area contributed by atoms with E-state index in [1.807, 2.05) is 0 Å². The fraction of sp³-hybridized carbons (Fsp3) is 0.600. The number of hydrazine groups is 1. The number of hydrogen-bond acceptors (Lipinski definition) is 5. The Morgan fingerprint density at radius 3 is 2.92 bits per heavy atom. The summed E-state index contributed by atoms with van der Waals surface area (Å²) in [6, 6.07) is 0.158. The molecule has 0 atom stereocenters. The standard InChI is InChI=1S/C5H8BrN5OS/c6-4-8-5(9-7)11(10-4)3-1-13(12)2-3/h3H,1-2,7H2,(H,8,9,10). The van der Waals surface area contributed by atoms with E-state index in [0.29, 0.717) is 22.2 Å². The highest BCUT2D eigenvalue weighted by Gasteiger charge is 2.30. The summed E-state index contributed by atoms with van der Waals surface area (Å²) >= 11 is 3.15. The third-order valence-electron chi connectivity index (χ3n) is 1.84. The lowest BCUT2D eigenvalue weighted by molar-refractivity contribution is 0.508. The maximum atomic E-state index is 10.9. The fourth-order valence-corrected chi connectivity index (χ4v) is 2.55. The second kappa shape index (κ2) is 3.35. The molecule has 1 aromatic rings. The van der Waals surface area contributed by atoms with E-state index >= 15 is 0 Å². The summed E-state index contributed by atoms with van der Waals surface area (Å²) in [4.78, 5) is 3.99. The summed E-state index contributed by atoms with van der Waals surface area (Å²) in [5.74, 6) is 7.00. The van der Waals surface area contributed by atoms with Crippen molar-refractivity contribution in [2.75, 3.05) is 16.9 Å². The largest absolute Gasteiger partial charge is 0.293 e. The summed E-state index contributed by atoms with van der Waals surface area (Å²) < 4.78 is 13.0. The molecule has 13 heavy (non-hydrogen) atoms. The van der Waals surface area contributed by atoms with Crippen molar-refractivity contribution in [3.8, 4) is 0 Å². The molecule has 1 aliphatic heterocycles. The highest BCUT2D eigenvalue weighted by atomic mass is 79.9. The molecule has 8 heteroatoms. The van der Waals surface area contributed by atoms with Crippen LogP contribution in [0.5, 0.6) is 0 Å². The average Bonchev–Trinajstić information content (AvgIpc) is 2.40. The van der Waals surface area contributed by atoms with E-state index in [4.69, 9.17) is 5.84 Å². The molecule has 72 valence electrons. The summed E-state index contributed by atoms with van der Waals surface area (Å²) in [5, 5.41) is 4.08. The zero-order chi connectivity index (χ0) is 9.42. The van der Waals surface area contributed by atoms with E-state index in [9.17, 15) is 4.21 Å². The van der Waals surface area contributed by atoms with Crippen molar-refractivity contribution >= 4 is 32.7 Å². The Morgan fingerprint density at radius 2 is 2.38 bits per heavy atom. The van der Waals surface area contributed by atoms with Gasteiger partial charge in [-0.05, 0) is 15.9 Å². The van der Waals surface area contributed by atoms with Gasteiger partial charge in [-0.15, -0.1) is 5.10 Å². The third kappa shape index (κ3) is 1.61. The van der Waals surface area contributed by atoms with Gasteiger partial charge in [0.1, 0.15) is 0 Å². The van der Waals surface area contributed by atoms with Gasteiger partial charge in [0, 0.05) is 22.3 Å². The topological polar surface area (TPSA) is 85.8 Å². The van der Waals surface area contributed by atoms with Gasteiger partial charge in [-0.2, -0.15) is 4.98 Å². The predicted octanol–water partition coefficient (Wildman–Crippen LogP) is -0.370. The van der Waals surface area contributed by atoms with E-state index in [0.717, 1.165) is 0 Å². The van der Waals surface area contributed by atoms with Crippen molar-refractivity contribution in [1.29, 1.82) is 0 Å². The molecular formula is C5H8BrN5OS. The Hall–Kier alpha value is -0.470.